The minimum atomic E-state index is -0.815. The lowest BCUT2D eigenvalue weighted by Gasteiger charge is -2.30. The maximum Gasteiger partial charge on any atom is 0.339 e. The molecule has 54 heavy (non-hydrogen) atoms. The molecule has 12 heteroatoms. The van der Waals surface area contributed by atoms with E-state index in [9.17, 15) is 19.2 Å². The van der Waals surface area contributed by atoms with Crippen LogP contribution in [0.15, 0.2) is 12.1 Å². The molecule has 1 aromatic rings. The highest BCUT2D eigenvalue weighted by Gasteiger charge is 2.51. The van der Waals surface area contributed by atoms with Crippen molar-refractivity contribution in [3.8, 4) is 0 Å². The van der Waals surface area contributed by atoms with Crippen molar-refractivity contribution >= 4 is 23.9 Å². The van der Waals surface area contributed by atoms with E-state index in [2.05, 4.69) is 21.3 Å². The number of esters is 4. The van der Waals surface area contributed by atoms with Crippen molar-refractivity contribution in [1.82, 2.24) is 21.3 Å². The first-order valence-corrected chi connectivity index (χ1v) is 19.4. The van der Waals surface area contributed by atoms with Crippen molar-refractivity contribution in [2.24, 2.45) is 0 Å². The van der Waals surface area contributed by atoms with Gasteiger partial charge in [0.15, 0.2) is 0 Å². The normalized spacial score (nSPS) is 30.4. The van der Waals surface area contributed by atoms with Gasteiger partial charge in [0.05, 0.1) is 44.4 Å². The van der Waals surface area contributed by atoms with E-state index in [4.69, 9.17) is 18.9 Å². The lowest BCUT2D eigenvalue weighted by atomic mass is 9.94. The third kappa shape index (κ3) is 8.82. The van der Waals surface area contributed by atoms with Gasteiger partial charge in [0.25, 0.3) is 0 Å². The monoisotopic (exact) mass is 754 g/mol. The van der Waals surface area contributed by atoms with Gasteiger partial charge in [-0.15, -0.1) is 0 Å². The maximum atomic E-state index is 14.4. The maximum absolute atomic E-state index is 14.4. The Labute approximate surface area is 322 Å². The molecule has 4 N–H and O–H groups in total. The van der Waals surface area contributed by atoms with Gasteiger partial charge in [-0.3, -0.25) is 0 Å². The van der Waals surface area contributed by atoms with E-state index >= 15 is 0 Å². The van der Waals surface area contributed by atoms with Gasteiger partial charge in [-0.2, -0.15) is 0 Å². The number of rotatable bonds is 8. The Balaban J connectivity index is 1.62. The molecule has 5 rings (SSSR count). The number of nitrogens with one attached hydrogen (secondary N) is 4. The summed E-state index contributed by atoms with van der Waals surface area (Å²) in [6.07, 6.45) is -0.171. The van der Waals surface area contributed by atoms with E-state index in [0.717, 1.165) is 0 Å². The summed E-state index contributed by atoms with van der Waals surface area (Å²) in [4.78, 5) is 57.4. The third-order valence-corrected chi connectivity index (χ3v) is 11.7. The SMILES string of the molecule is CC1(C)CC(OC(=O)c2cc(C(=O)OC3CC(C)(C)NC3(C)C)c(C(=O)OC3CC(C)(C)NC3(C)C)cc2C(=O)OC2CC(C)(C)NC2(C)C)C(C)(C)N1. The van der Waals surface area contributed by atoms with Crippen molar-refractivity contribution in [1.29, 1.82) is 0 Å². The van der Waals surface area contributed by atoms with Gasteiger partial charge in [-0.25, -0.2) is 19.2 Å². The van der Waals surface area contributed by atoms with E-state index in [1.807, 2.05) is 111 Å². The standard InChI is InChI=1S/C42H66N4O8/c1-35(2)19-27(39(9,10)43-35)51-31(47)23-17-25(33(49)53-29-21-37(5,6)45-41(29,13)14)26(34(50)54-30-22-38(7,8)46-42(30,15)16)18-24(23)32(48)52-28-20-36(3,4)44-40(28,11)12/h17-18,27-30,43-46H,19-22H2,1-16H3. The van der Waals surface area contributed by atoms with E-state index in [1.165, 1.54) is 12.1 Å². The van der Waals surface area contributed by atoms with Crippen molar-refractivity contribution in [2.75, 3.05) is 0 Å². The second kappa shape index (κ2) is 13.3. The van der Waals surface area contributed by atoms with Crippen LogP contribution in [0.3, 0.4) is 0 Å². The number of carbonyl (C=O) groups excluding carboxylic acids is 4. The van der Waals surface area contributed by atoms with Gasteiger partial charge >= 0.3 is 23.9 Å². The molecule has 4 heterocycles. The third-order valence-electron chi connectivity index (χ3n) is 11.7. The highest BCUT2D eigenvalue weighted by molar-refractivity contribution is 6.10. The van der Waals surface area contributed by atoms with Crippen LogP contribution in [0.1, 0.15) is 178 Å². The number of carbonyl (C=O) groups is 4. The zero-order valence-corrected chi connectivity index (χ0v) is 35.6. The number of ether oxygens (including phenoxy) is 4. The smallest absolute Gasteiger partial charge is 0.339 e. The molecule has 4 atom stereocenters. The van der Waals surface area contributed by atoms with Crippen LogP contribution >= 0.6 is 0 Å². The van der Waals surface area contributed by atoms with Crippen LogP contribution in [0.5, 0.6) is 0 Å². The topological polar surface area (TPSA) is 153 Å². The van der Waals surface area contributed by atoms with Crippen molar-refractivity contribution in [3.05, 3.63) is 34.4 Å². The molecule has 0 amide bonds. The molecule has 0 saturated carbocycles. The van der Waals surface area contributed by atoms with Gasteiger partial charge in [-0.1, -0.05) is 0 Å². The van der Waals surface area contributed by atoms with Crippen molar-refractivity contribution in [2.45, 2.75) is 205 Å². The fraction of sp³-hybridized carbons (Fsp3) is 0.762. The highest BCUT2D eigenvalue weighted by Crippen LogP contribution is 2.38. The predicted molar refractivity (Wildman–Crippen MR) is 207 cm³/mol. The molecule has 4 aliphatic rings. The Kier molecular flexibility index (Phi) is 10.3. The summed E-state index contributed by atoms with van der Waals surface area (Å²) in [5.41, 5.74) is -4.39. The summed E-state index contributed by atoms with van der Waals surface area (Å²) in [7, 11) is 0. The van der Waals surface area contributed by atoms with Gasteiger partial charge in [0.1, 0.15) is 24.4 Å². The fourth-order valence-corrected chi connectivity index (χ4v) is 9.69. The van der Waals surface area contributed by atoms with Crippen LogP contribution in [0, 0.1) is 0 Å². The zero-order chi connectivity index (χ0) is 40.8. The molecule has 4 unspecified atom stereocenters. The quantitative estimate of drug-likeness (QED) is 0.182. The Morgan fingerprint density at radius 1 is 0.389 bits per heavy atom. The van der Waals surface area contributed by atoms with Gasteiger partial charge < -0.3 is 40.2 Å². The summed E-state index contributed by atoms with van der Waals surface area (Å²) in [6.45, 7) is 31.8. The minimum Gasteiger partial charge on any atom is -0.457 e. The van der Waals surface area contributed by atoms with Crippen LogP contribution in [0.25, 0.3) is 0 Å². The molecule has 12 nitrogen and oxygen atoms in total. The molecule has 0 spiro atoms. The lowest BCUT2D eigenvalue weighted by molar-refractivity contribution is 0.0112. The van der Waals surface area contributed by atoms with Crippen LogP contribution in [-0.2, 0) is 18.9 Å². The Morgan fingerprint density at radius 3 is 0.685 bits per heavy atom. The predicted octanol–water partition coefficient (Wildman–Crippen LogP) is 5.99. The van der Waals surface area contributed by atoms with E-state index in [1.54, 1.807) is 0 Å². The van der Waals surface area contributed by atoms with Crippen molar-refractivity contribution < 1.29 is 38.1 Å². The summed E-state index contributed by atoms with van der Waals surface area (Å²) >= 11 is 0. The minimum absolute atomic E-state index is 0.194. The average molecular weight is 755 g/mol. The van der Waals surface area contributed by atoms with E-state index in [0.29, 0.717) is 25.7 Å². The van der Waals surface area contributed by atoms with Crippen LogP contribution in [-0.4, -0.2) is 92.6 Å². The van der Waals surface area contributed by atoms with Gasteiger partial charge in [0.2, 0.25) is 0 Å². The average Bonchev–Trinajstić information content (AvgIpc) is 3.49. The summed E-state index contributed by atoms with van der Waals surface area (Å²) in [5.74, 6) is -3.26. The Hall–Kier alpha value is -3.06. The number of hydrogen-bond donors (Lipinski definition) is 4. The molecule has 4 saturated heterocycles. The van der Waals surface area contributed by atoms with E-state index < -0.39 is 70.4 Å². The molecular weight excluding hydrogens is 688 g/mol. The lowest BCUT2D eigenvalue weighted by Crippen LogP contribution is -2.48. The Bertz CT molecular complexity index is 1460. The van der Waals surface area contributed by atoms with Gasteiger partial charge in [-0.05, 0) is 123 Å². The van der Waals surface area contributed by atoms with Crippen LogP contribution < -0.4 is 21.3 Å². The molecule has 0 radical (unpaired) electrons. The molecular formula is C42H66N4O8. The number of hydrogen-bond acceptors (Lipinski definition) is 12. The second-order valence-corrected chi connectivity index (χ2v) is 21.3. The summed E-state index contributed by atoms with van der Waals surface area (Å²) in [5, 5.41) is 14.0. The van der Waals surface area contributed by atoms with E-state index in [-0.39, 0.29) is 44.4 Å². The van der Waals surface area contributed by atoms with Gasteiger partial charge in [0, 0.05) is 47.8 Å². The first-order chi connectivity index (χ1) is 24.2. The largest absolute Gasteiger partial charge is 0.457 e. The first kappa shape index (κ1) is 42.1. The summed E-state index contributed by atoms with van der Waals surface area (Å²) in [6, 6.07) is 2.51. The fourth-order valence-electron chi connectivity index (χ4n) is 9.69. The molecule has 0 bridgehead atoms. The summed E-state index contributed by atoms with van der Waals surface area (Å²) < 4.78 is 24.6. The van der Waals surface area contributed by atoms with Crippen LogP contribution in [0.4, 0.5) is 0 Å². The van der Waals surface area contributed by atoms with Crippen LogP contribution in [0.2, 0.25) is 0 Å². The molecule has 0 aromatic heterocycles. The first-order valence-electron chi connectivity index (χ1n) is 19.4. The zero-order valence-electron chi connectivity index (χ0n) is 35.6. The Morgan fingerprint density at radius 2 is 0.556 bits per heavy atom. The van der Waals surface area contributed by atoms with Crippen molar-refractivity contribution in [3.63, 3.8) is 0 Å². The molecule has 4 aliphatic heterocycles. The molecule has 4 fully saturated rings. The second-order valence-electron chi connectivity index (χ2n) is 21.3. The highest BCUT2D eigenvalue weighted by atomic mass is 16.6. The number of benzene rings is 1. The molecule has 1 aromatic carbocycles. The molecule has 0 aliphatic carbocycles. The molecule has 302 valence electrons.